The number of halogens is 1. The van der Waals surface area contributed by atoms with Crippen LogP contribution in [0.15, 0.2) is 18.2 Å². The highest BCUT2D eigenvalue weighted by molar-refractivity contribution is 7.91. The van der Waals surface area contributed by atoms with Crippen LogP contribution < -0.4 is 0 Å². The fraction of sp³-hybridized carbons (Fsp3) is 0.462. The average Bonchev–Trinajstić information content (AvgIpc) is 2.34. The molecule has 2 rings (SSSR count). The van der Waals surface area contributed by atoms with E-state index in [4.69, 9.17) is 5.26 Å². The third-order valence-corrected chi connectivity index (χ3v) is 5.18. The Labute approximate surface area is 112 Å². The van der Waals surface area contributed by atoms with Crippen LogP contribution in [0.5, 0.6) is 0 Å². The number of hydrogen-bond acceptors (Lipinski definition) is 4. The van der Waals surface area contributed by atoms with Gasteiger partial charge in [-0.25, -0.2) is 12.8 Å². The standard InChI is InChI=1S/C13H15FN2O2S/c1-10-9-19(17,18)6-5-16(10)8-12-4-2-3-11(7-15)13(12)14/h2-4,10H,5-6,8-9H2,1H3. The lowest BCUT2D eigenvalue weighted by Gasteiger charge is -2.33. The minimum absolute atomic E-state index is 0.0229. The second kappa shape index (κ2) is 5.27. The number of benzene rings is 1. The summed E-state index contributed by atoms with van der Waals surface area (Å²) in [7, 11) is -2.97. The number of sulfone groups is 1. The summed E-state index contributed by atoms with van der Waals surface area (Å²) >= 11 is 0. The summed E-state index contributed by atoms with van der Waals surface area (Å²) in [5.41, 5.74) is 0.458. The first-order valence-corrected chi connectivity index (χ1v) is 7.87. The van der Waals surface area contributed by atoms with Crippen molar-refractivity contribution in [1.29, 1.82) is 5.26 Å². The summed E-state index contributed by atoms with van der Waals surface area (Å²) in [5.74, 6) is -0.297. The summed E-state index contributed by atoms with van der Waals surface area (Å²) in [6.45, 7) is 2.56. The molecule has 0 aromatic heterocycles. The molecule has 1 aliphatic rings. The lowest BCUT2D eigenvalue weighted by molar-refractivity contribution is 0.215. The molecule has 1 aliphatic heterocycles. The Balaban J connectivity index is 2.17. The Morgan fingerprint density at radius 3 is 2.89 bits per heavy atom. The molecule has 1 fully saturated rings. The molecule has 0 amide bonds. The molecule has 0 N–H and O–H groups in total. The van der Waals surface area contributed by atoms with Crippen LogP contribution in [0.2, 0.25) is 0 Å². The highest BCUT2D eigenvalue weighted by Crippen LogP contribution is 2.18. The van der Waals surface area contributed by atoms with E-state index in [0.717, 1.165) is 0 Å². The predicted molar refractivity (Wildman–Crippen MR) is 69.6 cm³/mol. The van der Waals surface area contributed by atoms with Crippen molar-refractivity contribution in [3.63, 3.8) is 0 Å². The van der Waals surface area contributed by atoms with E-state index in [1.54, 1.807) is 12.1 Å². The van der Waals surface area contributed by atoms with Crippen LogP contribution in [0.1, 0.15) is 18.1 Å². The maximum Gasteiger partial charge on any atom is 0.153 e. The van der Waals surface area contributed by atoms with E-state index in [9.17, 15) is 12.8 Å². The van der Waals surface area contributed by atoms with E-state index in [2.05, 4.69) is 0 Å². The first kappa shape index (κ1) is 14.0. The first-order chi connectivity index (χ1) is 8.93. The first-order valence-electron chi connectivity index (χ1n) is 6.05. The Kier molecular flexibility index (Phi) is 3.88. The van der Waals surface area contributed by atoms with Crippen LogP contribution >= 0.6 is 0 Å². The largest absolute Gasteiger partial charge is 0.294 e. The molecule has 1 unspecified atom stereocenters. The zero-order chi connectivity index (χ0) is 14.0. The van der Waals surface area contributed by atoms with Crippen LogP contribution in [-0.2, 0) is 16.4 Å². The quantitative estimate of drug-likeness (QED) is 0.820. The minimum Gasteiger partial charge on any atom is -0.294 e. The number of nitrogens with zero attached hydrogens (tertiary/aromatic N) is 2. The van der Waals surface area contributed by atoms with Gasteiger partial charge in [-0.2, -0.15) is 5.26 Å². The molecule has 0 radical (unpaired) electrons. The third-order valence-electron chi connectivity index (χ3n) is 3.38. The minimum atomic E-state index is -2.97. The van der Waals surface area contributed by atoms with Crippen molar-refractivity contribution in [2.45, 2.75) is 19.5 Å². The topological polar surface area (TPSA) is 61.2 Å². The molecule has 102 valence electrons. The van der Waals surface area contributed by atoms with Gasteiger partial charge in [-0.05, 0) is 13.0 Å². The van der Waals surface area contributed by atoms with Crippen LogP contribution in [0.25, 0.3) is 0 Å². The molecule has 1 atom stereocenters. The lowest BCUT2D eigenvalue weighted by atomic mass is 10.1. The van der Waals surface area contributed by atoms with E-state index in [1.165, 1.54) is 6.07 Å². The maximum absolute atomic E-state index is 13.9. The SMILES string of the molecule is CC1CS(=O)(=O)CCN1Cc1cccc(C#N)c1F. The molecule has 4 nitrogen and oxygen atoms in total. The molecule has 0 aliphatic carbocycles. The van der Waals surface area contributed by atoms with Crippen molar-refractivity contribution in [2.24, 2.45) is 0 Å². The van der Waals surface area contributed by atoms with E-state index < -0.39 is 15.7 Å². The van der Waals surface area contributed by atoms with Crippen LogP contribution in [0, 0.1) is 17.1 Å². The summed E-state index contributed by atoms with van der Waals surface area (Å²) < 4.78 is 36.9. The Bertz CT molecular complexity index is 622. The zero-order valence-electron chi connectivity index (χ0n) is 10.6. The van der Waals surface area contributed by atoms with E-state index in [-0.39, 0.29) is 23.1 Å². The van der Waals surface area contributed by atoms with Crippen molar-refractivity contribution in [3.8, 4) is 6.07 Å². The van der Waals surface area contributed by atoms with Gasteiger partial charge >= 0.3 is 0 Å². The highest BCUT2D eigenvalue weighted by Gasteiger charge is 2.28. The van der Waals surface area contributed by atoms with Gasteiger partial charge in [0.1, 0.15) is 11.9 Å². The fourth-order valence-electron chi connectivity index (χ4n) is 2.27. The molecular weight excluding hydrogens is 267 g/mol. The molecule has 19 heavy (non-hydrogen) atoms. The average molecular weight is 282 g/mol. The zero-order valence-corrected chi connectivity index (χ0v) is 11.5. The summed E-state index contributed by atoms with van der Waals surface area (Å²) in [6.07, 6.45) is 0. The van der Waals surface area contributed by atoms with E-state index >= 15 is 0 Å². The van der Waals surface area contributed by atoms with Crippen molar-refractivity contribution in [2.75, 3.05) is 18.1 Å². The highest BCUT2D eigenvalue weighted by atomic mass is 32.2. The van der Waals surface area contributed by atoms with Crippen molar-refractivity contribution in [3.05, 3.63) is 35.1 Å². The van der Waals surface area contributed by atoms with Crippen molar-refractivity contribution >= 4 is 9.84 Å². The van der Waals surface area contributed by atoms with E-state index in [1.807, 2.05) is 17.9 Å². The van der Waals surface area contributed by atoms with Crippen LogP contribution in [-0.4, -0.2) is 37.4 Å². The Hall–Kier alpha value is -1.45. The number of rotatable bonds is 2. The third kappa shape index (κ3) is 3.11. The number of nitriles is 1. The van der Waals surface area contributed by atoms with Gasteiger partial charge in [-0.15, -0.1) is 0 Å². The second-order valence-electron chi connectivity index (χ2n) is 4.82. The van der Waals surface area contributed by atoms with Crippen LogP contribution in [0.4, 0.5) is 4.39 Å². The van der Waals surface area contributed by atoms with Gasteiger partial charge in [0.25, 0.3) is 0 Å². The van der Waals surface area contributed by atoms with Crippen LogP contribution in [0.3, 0.4) is 0 Å². The van der Waals surface area contributed by atoms with Gasteiger partial charge in [-0.1, -0.05) is 12.1 Å². The van der Waals surface area contributed by atoms with Gasteiger partial charge in [0, 0.05) is 24.7 Å². The van der Waals surface area contributed by atoms with Gasteiger partial charge in [0.05, 0.1) is 17.1 Å². The molecule has 0 spiro atoms. The van der Waals surface area contributed by atoms with Gasteiger partial charge < -0.3 is 0 Å². The molecule has 1 aromatic carbocycles. The summed E-state index contributed by atoms with van der Waals surface area (Å²) in [6, 6.07) is 6.38. The molecule has 0 bridgehead atoms. The monoisotopic (exact) mass is 282 g/mol. The van der Waals surface area contributed by atoms with E-state index in [0.29, 0.717) is 18.7 Å². The van der Waals surface area contributed by atoms with Gasteiger partial charge in [-0.3, -0.25) is 4.90 Å². The smallest absolute Gasteiger partial charge is 0.153 e. The Morgan fingerprint density at radius 1 is 1.53 bits per heavy atom. The van der Waals surface area contributed by atoms with Gasteiger partial charge in [0.2, 0.25) is 0 Å². The molecule has 1 aromatic rings. The summed E-state index contributed by atoms with van der Waals surface area (Å²) in [4.78, 5) is 1.93. The fourth-order valence-corrected chi connectivity index (χ4v) is 3.90. The molecule has 6 heteroatoms. The number of hydrogen-bond donors (Lipinski definition) is 0. The lowest BCUT2D eigenvalue weighted by Crippen LogP contribution is -2.46. The maximum atomic E-state index is 13.9. The van der Waals surface area contributed by atoms with Crippen molar-refractivity contribution < 1.29 is 12.8 Å². The summed E-state index contributed by atoms with van der Waals surface area (Å²) in [5, 5.41) is 8.79. The second-order valence-corrected chi connectivity index (χ2v) is 7.05. The Morgan fingerprint density at radius 2 is 2.26 bits per heavy atom. The molecule has 1 heterocycles. The molecule has 1 saturated heterocycles. The molecule has 0 saturated carbocycles. The molecular formula is C13H15FN2O2S. The van der Waals surface area contributed by atoms with Crippen molar-refractivity contribution in [1.82, 2.24) is 4.90 Å². The van der Waals surface area contributed by atoms with Gasteiger partial charge in [0.15, 0.2) is 9.84 Å². The predicted octanol–water partition coefficient (Wildman–Crippen LogP) is 1.32. The normalized spacial score (nSPS) is 22.9.